The van der Waals surface area contributed by atoms with Gasteiger partial charge in [0.25, 0.3) is 0 Å². The minimum atomic E-state index is -0.0184. The molecule has 2 unspecified atom stereocenters. The zero-order chi connectivity index (χ0) is 12.3. The second-order valence-electron chi connectivity index (χ2n) is 4.97. The Balaban J connectivity index is 1.91. The van der Waals surface area contributed by atoms with Crippen LogP contribution < -0.4 is 5.32 Å². The Morgan fingerprint density at radius 3 is 2.94 bits per heavy atom. The van der Waals surface area contributed by atoms with Gasteiger partial charge >= 0.3 is 0 Å². The van der Waals surface area contributed by atoms with E-state index >= 15 is 0 Å². The molecule has 0 saturated carbocycles. The number of nitrogens with one attached hydrogen (secondary N) is 1. The molecular formula is C12H23N3O2. The monoisotopic (exact) mass is 241 g/mol. The summed E-state index contributed by atoms with van der Waals surface area (Å²) >= 11 is 0. The van der Waals surface area contributed by atoms with Crippen LogP contribution in [0.1, 0.15) is 12.8 Å². The van der Waals surface area contributed by atoms with Crippen LogP contribution in [0.25, 0.3) is 0 Å². The van der Waals surface area contributed by atoms with Crippen molar-refractivity contribution < 1.29 is 9.53 Å². The van der Waals surface area contributed by atoms with Crippen molar-refractivity contribution in [2.24, 2.45) is 0 Å². The Labute approximate surface area is 103 Å². The second kappa shape index (κ2) is 5.80. The van der Waals surface area contributed by atoms with Crippen molar-refractivity contribution >= 4 is 5.91 Å². The van der Waals surface area contributed by atoms with Gasteiger partial charge in [-0.2, -0.15) is 0 Å². The van der Waals surface area contributed by atoms with E-state index in [0.29, 0.717) is 0 Å². The van der Waals surface area contributed by atoms with E-state index in [9.17, 15) is 4.79 Å². The molecule has 1 amide bonds. The Bertz CT molecular complexity index is 266. The van der Waals surface area contributed by atoms with Crippen molar-refractivity contribution in [2.45, 2.75) is 25.0 Å². The summed E-state index contributed by atoms with van der Waals surface area (Å²) in [7, 11) is 3.91. The number of piperazine rings is 1. The van der Waals surface area contributed by atoms with E-state index in [0.717, 1.165) is 45.6 Å². The number of hydrogen-bond donors (Lipinski definition) is 1. The van der Waals surface area contributed by atoms with Crippen LogP contribution >= 0.6 is 0 Å². The molecule has 98 valence electrons. The van der Waals surface area contributed by atoms with E-state index in [1.165, 1.54) is 0 Å². The van der Waals surface area contributed by atoms with Crippen molar-refractivity contribution in [2.75, 3.05) is 46.9 Å². The first-order valence-corrected chi connectivity index (χ1v) is 6.47. The molecule has 2 saturated heterocycles. The van der Waals surface area contributed by atoms with Crippen LogP contribution in [0.4, 0.5) is 0 Å². The molecule has 0 spiro atoms. The third-order valence-corrected chi connectivity index (χ3v) is 3.70. The highest BCUT2D eigenvalue weighted by atomic mass is 16.5. The fourth-order valence-corrected chi connectivity index (χ4v) is 2.60. The molecule has 2 rings (SSSR count). The quantitative estimate of drug-likeness (QED) is 0.722. The molecule has 5 nitrogen and oxygen atoms in total. The van der Waals surface area contributed by atoms with Crippen LogP contribution in [0, 0.1) is 0 Å². The van der Waals surface area contributed by atoms with Gasteiger partial charge in [-0.3, -0.25) is 9.69 Å². The maximum absolute atomic E-state index is 12.3. The summed E-state index contributed by atoms with van der Waals surface area (Å²) in [5.74, 6) is 0.239. The highest BCUT2D eigenvalue weighted by molar-refractivity contribution is 5.83. The summed E-state index contributed by atoms with van der Waals surface area (Å²) in [5.41, 5.74) is 0. The fraction of sp³-hybridized carbons (Fsp3) is 0.917. The van der Waals surface area contributed by atoms with Crippen molar-refractivity contribution in [3.63, 3.8) is 0 Å². The molecule has 5 heteroatoms. The van der Waals surface area contributed by atoms with E-state index in [4.69, 9.17) is 4.74 Å². The van der Waals surface area contributed by atoms with Crippen molar-refractivity contribution in [3.8, 4) is 0 Å². The lowest BCUT2D eigenvalue weighted by Gasteiger charge is -2.39. The summed E-state index contributed by atoms with van der Waals surface area (Å²) in [4.78, 5) is 16.4. The third-order valence-electron chi connectivity index (χ3n) is 3.70. The first kappa shape index (κ1) is 12.8. The molecular weight excluding hydrogens is 218 g/mol. The first-order valence-electron chi connectivity index (χ1n) is 6.47. The lowest BCUT2D eigenvalue weighted by atomic mass is 10.1. The average Bonchev–Trinajstić information content (AvgIpc) is 2.81. The number of rotatable bonds is 4. The summed E-state index contributed by atoms with van der Waals surface area (Å²) < 4.78 is 5.60. The molecule has 0 aromatic rings. The molecule has 0 aromatic heterocycles. The molecule has 0 aliphatic carbocycles. The summed E-state index contributed by atoms with van der Waals surface area (Å²) in [6, 6.07) is -0.0184. The van der Waals surface area contributed by atoms with Gasteiger partial charge in [0.1, 0.15) is 6.04 Å². The minimum Gasteiger partial charge on any atom is -0.376 e. The van der Waals surface area contributed by atoms with Gasteiger partial charge in [-0.15, -0.1) is 0 Å². The number of amides is 1. The molecule has 1 N–H and O–H groups in total. The number of carbonyl (C=O) groups is 1. The lowest BCUT2D eigenvalue weighted by Crippen LogP contribution is -2.59. The van der Waals surface area contributed by atoms with E-state index in [1.54, 1.807) is 0 Å². The molecule has 2 atom stereocenters. The number of hydrogen-bond acceptors (Lipinski definition) is 4. The molecule has 17 heavy (non-hydrogen) atoms. The first-order chi connectivity index (χ1) is 8.22. The van der Waals surface area contributed by atoms with Crippen LogP contribution in [0.3, 0.4) is 0 Å². The lowest BCUT2D eigenvalue weighted by molar-refractivity contribution is -0.142. The van der Waals surface area contributed by atoms with E-state index < -0.39 is 0 Å². The Morgan fingerprint density at radius 2 is 2.29 bits per heavy atom. The van der Waals surface area contributed by atoms with Gasteiger partial charge in [0.15, 0.2) is 0 Å². The van der Waals surface area contributed by atoms with Crippen molar-refractivity contribution in [3.05, 3.63) is 0 Å². The number of ether oxygens (including phenoxy) is 1. The summed E-state index contributed by atoms with van der Waals surface area (Å²) in [6.45, 7) is 4.12. The van der Waals surface area contributed by atoms with Crippen molar-refractivity contribution in [1.82, 2.24) is 15.1 Å². The van der Waals surface area contributed by atoms with E-state index in [2.05, 4.69) is 10.2 Å². The van der Waals surface area contributed by atoms with Gasteiger partial charge in [-0.05, 0) is 26.9 Å². The molecule has 2 heterocycles. The number of nitrogens with zero attached hydrogens (tertiary/aromatic N) is 2. The Morgan fingerprint density at radius 1 is 1.47 bits per heavy atom. The van der Waals surface area contributed by atoms with Gasteiger partial charge in [-0.1, -0.05) is 0 Å². The Kier molecular flexibility index (Phi) is 4.36. The summed E-state index contributed by atoms with van der Waals surface area (Å²) in [5, 5.41) is 3.09. The normalized spacial score (nSPS) is 31.2. The zero-order valence-electron chi connectivity index (χ0n) is 10.8. The topological polar surface area (TPSA) is 44.8 Å². The number of likely N-dealkylation sites (N-methyl/N-ethyl adjacent to an activating group) is 2. The van der Waals surface area contributed by atoms with Crippen LogP contribution in [0.2, 0.25) is 0 Å². The molecule has 0 bridgehead atoms. The van der Waals surface area contributed by atoms with Crippen LogP contribution in [0.15, 0.2) is 0 Å². The van der Waals surface area contributed by atoms with E-state index in [-0.39, 0.29) is 18.1 Å². The molecule has 2 aliphatic rings. The van der Waals surface area contributed by atoms with Gasteiger partial charge in [0, 0.05) is 32.8 Å². The van der Waals surface area contributed by atoms with Crippen LogP contribution in [-0.2, 0) is 9.53 Å². The maximum atomic E-state index is 12.3. The highest BCUT2D eigenvalue weighted by Crippen LogP contribution is 2.16. The zero-order valence-corrected chi connectivity index (χ0v) is 10.8. The standard InChI is InChI=1S/C12H23N3O2/c1-13-8-11-12(16)15(6-5-14(11)2)9-10-4-3-7-17-10/h10-11,13H,3-9H2,1-2H3. The molecule has 2 fully saturated rings. The average molecular weight is 241 g/mol. The minimum absolute atomic E-state index is 0.0184. The largest absolute Gasteiger partial charge is 0.376 e. The van der Waals surface area contributed by atoms with Gasteiger partial charge in [-0.25, -0.2) is 0 Å². The van der Waals surface area contributed by atoms with Gasteiger partial charge in [0.05, 0.1) is 6.10 Å². The predicted molar refractivity (Wildman–Crippen MR) is 65.9 cm³/mol. The predicted octanol–water partition coefficient (Wildman–Crippen LogP) is -0.473. The highest BCUT2D eigenvalue weighted by Gasteiger charge is 2.33. The second-order valence-corrected chi connectivity index (χ2v) is 4.97. The van der Waals surface area contributed by atoms with Crippen LogP contribution in [-0.4, -0.2) is 74.7 Å². The molecule has 0 radical (unpaired) electrons. The van der Waals surface area contributed by atoms with Gasteiger partial charge < -0.3 is 15.0 Å². The summed E-state index contributed by atoms with van der Waals surface area (Å²) in [6.07, 6.45) is 2.49. The van der Waals surface area contributed by atoms with Crippen LogP contribution in [0.5, 0.6) is 0 Å². The van der Waals surface area contributed by atoms with E-state index in [1.807, 2.05) is 19.0 Å². The van der Waals surface area contributed by atoms with Crippen molar-refractivity contribution in [1.29, 1.82) is 0 Å². The van der Waals surface area contributed by atoms with Gasteiger partial charge in [0.2, 0.25) is 5.91 Å². The third kappa shape index (κ3) is 2.97. The fourth-order valence-electron chi connectivity index (χ4n) is 2.60. The Hall–Kier alpha value is -0.650. The maximum Gasteiger partial charge on any atom is 0.241 e. The number of carbonyl (C=O) groups excluding carboxylic acids is 1. The SMILES string of the molecule is CNCC1C(=O)N(CC2CCCO2)CCN1C. The molecule has 2 aliphatic heterocycles. The molecule has 0 aromatic carbocycles. The smallest absolute Gasteiger partial charge is 0.241 e.